The third-order valence-electron chi connectivity index (χ3n) is 1.82. The predicted molar refractivity (Wildman–Crippen MR) is 85.5 cm³/mol. The van der Waals surface area contributed by atoms with Crippen LogP contribution in [0.5, 0.6) is 0 Å². The smallest absolute Gasteiger partial charge is 0.415 e. The molecule has 0 saturated carbocycles. The van der Waals surface area contributed by atoms with Gasteiger partial charge in [0.05, 0.1) is 0 Å². The summed E-state index contributed by atoms with van der Waals surface area (Å²) in [5, 5.41) is 0. The Morgan fingerprint density at radius 1 is 1.00 bits per heavy atom. The second kappa shape index (κ2) is 20.6. The van der Waals surface area contributed by atoms with Gasteiger partial charge in [-0.25, -0.2) is 0 Å². The predicted octanol–water partition coefficient (Wildman–Crippen LogP) is 2.49. The van der Waals surface area contributed by atoms with Gasteiger partial charge < -0.3 is 60.3 Å². The Labute approximate surface area is 154 Å². The van der Waals surface area contributed by atoms with Crippen molar-refractivity contribution in [3.8, 4) is 0 Å². The summed E-state index contributed by atoms with van der Waals surface area (Å²) in [6.45, 7) is 6.45. The number of hydrogen-bond acceptors (Lipinski definition) is 4. The molecule has 0 aromatic carbocycles. The van der Waals surface area contributed by atoms with E-state index in [0.717, 1.165) is 13.1 Å². The van der Waals surface area contributed by atoms with Crippen LogP contribution >= 0.6 is 24.4 Å². The van der Waals surface area contributed by atoms with Crippen molar-refractivity contribution >= 4 is 58.3 Å². The van der Waals surface area contributed by atoms with Crippen molar-refractivity contribution in [1.29, 1.82) is 0 Å². The van der Waals surface area contributed by atoms with Crippen molar-refractivity contribution in [2.45, 2.75) is 39.5 Å². The molecule has 2 N–H and O–H groups in total. The van der Waals surface area contributed by atoms with E-state index >= 15 is 0 Å². The summed E-state index contributed by atoms with van der Waals surface area (Å²) in [4.78, 5) is 2.14. The van der Waals surface area contributed by atoms with E-state index in [-0.39, 0.29) is 38.5 Å². The summed E-state index contributed by atoms with van der Waals surface area (Å²) >= 11 is 18.2. The molecule has 2 radical (unpaired) electrons. The molecule has 2 nitrogen and oxygen atoms in total. The van der Waals surface area contributed by atoms with Crippen molar-refractivity contribution in [1.82, 2.24) is 4.90 Å². The molecule has 0 aliphatic rings. The molecule has 8 heteroatoms. The minimum Gasteiger partial charge on any atom is -0.415 e. The first kappa shape index (κ1) is 27.6. The first-order valence-electron chi connectivity index (χ1n) is 5.38. The largest absolute Gasteiger partial charge is 2.00 e. The summed E-state index contributed by atoms with van der Waals surface area (Å²) < 4.78 is 0.719. The number of nitrogens with zero attached hydrogens (tertiary/aromatic N) is 1. The quantitative estimate of drug-likeness (QED) is 0.401. The second-order valence-electron chi connectivity index (χ2n) is 3.28. The second-order valence-corrected chi connectivity index (χ2v) is 5.45. The van der Waals surface area contributed by atoms with Gasteiger partial charge in [0.25, 0.3) is 0 Å². The van der Waals surface area contributed by atoms with Crippen LogP contribution in [0, 0.1) is 0 Å². The molecule has 0 amide bonds. The maximum atomic E-state index is 4.98. The summed E-state index contributed by atoms with van der Waals surface area (Å²) in [5.74, 6) is 0. The van der Waals surface area contributed by atoms with E-state index in [9.17, 15) is 0 Å². The van der Waals surface area contributed by atoms with Crippen LogP contribution in [0.2, 0.25) is 0 Å². The van der Waals surface area contributed by atoms with Crippen LogP contribution in [0.3, 0.4) is 0 Å². The molecule has 0 fully saturated rings. The fourth-order valence-corrected chi connectivity index (χ4v) is 1.36. The molecule has 0 aromatic rings. The molecule has 0 heterocycles. The van der Waals surface area contributed by atoms with Crippen molar-refractivity contribution in [3.05, 3.63) is 0 Å². The SMILES string of the molecule is CCCCN(CCCC)C(=S)[S-].NC(=S)[S-].[Cu+2].[Cu+2]. The first-order valence-corrected chi connectivity index (χ1v) is 7.01. The van der Waals surface area contributed by atoms with Crippen molar-refractivity contribution < 1.29 is 34.1 Å². The minimum atomic E-state index is 0. The van der Waals surface area contributed by atoms with Crippen LogP contribution in [0.15, 0.2) is 0 Å². The van der Waals surface area contributed by atoms with E-state index in [0.29, 0.717) is 4.32 Å². The standard InChI is InChI=1S/C9H19NS2.CH3NS2.2Cu/c1-3-5-7-10(9(11)12)8-6-4-2;2-1(3)4;;/h3-8H2,1-2H3,(H,11,12);(H3,2,3,4);;/q;;2*+2/p-2. The molecule has 0 atom stereocenters. The van der Waals surface area contributed by atoms with Crippen LogP contribution < -0.4 is 5.73 Å². The summed E-state index contributed by atoms with van der Waals surface area (Å²) in [5.41, 5.74) is 4.66. The van der Waals surface area contributed by atoms with E-state index < -0.39 is 0 Å². The Morgan fingerprint density at radius 2 is 1.28 bits per heavy atom. The van der Waals surface area contributed by atoms with E-state index in [1.165, 1.54) is 25.7 Å². The summed E-state index contributed by atoms with van der Waals surface area (Å²) in [6.07, 6.45) is 4.81. The van der Waals surface area contributed by atoms with Gasteiger partial charge in [-0.1, -0.05) is 35.3 Å². The molecule has 0 unspecified atom stereocenters. The van der Waals surface area contributed by atoms with E-state index in [4.69, 9.17) is 24.8 Å². The molecular formula is C10H20Cu2N2S4+2. The van der Waals surface area contributed by atoms with Crippen molar-refractivity contribution in [2.24, 2.45) is 5.73 Å². The number of nitrogens with two attached hydrogens (primary N) is 1. The van der Waals surface area contributed by atoms with Crippen LogP contribution in [0.1, 0.15) is 39.5 Å². The number of unbranched alkanes of at least 4 members (excludes halogenated alkanes) is 2. The van der Waals surface area contributed by atoms with Crippen molar-refractivity contribution in [2.75, 3.05) is 13.1 Å². The van der Waals surface area contributed by atoms with Gasteiger partial charge in [-0.15, -0.1) is 0 Å². The maximum Gasteiger partial charge on any atom is 2.00 e. The van der Waals surface area contributed by atoms with E-state index in [1.807, 2.05) is 0 Å². The van der Waals surface area contributed by atoms with Gasteiger partial charge in [0.1, 0.15) is 0 Å². The van der Waals surface area contributed by atoms with Gasteiger partial charge in [-0.05, 0) is 12.8 Å². The molecule has 0 aromatic heterocycles. The van der Waals surface area contributed by atoms with E-state index in [2.05, 4.69) is 49.3 Å². The average molecular weight is 424 g/mol. The van der Waals surface area contributed by atoms with Crippen LogP contribution in [0.25, 0.3) is 0 Å². The minimum absolute atomic E-state index is 0. The third kappa shape index (κ3) is 26.0. The number of hydrogen-bond donors (Lipinski definition) is 1. The Morgan fingerprint density at radius 3 is 1.44 bits per heavy atom. The molecule has 0 aliphatic heterocycles. The molecule has 0 rings (SSSR count). The van der Waals surface area contributed by atoms with Gasteiger partial charge >= 0.3 is 34.1 Å². The zero-order chi connectivity index (χ0) is 13.0. The first-order chi connectivity index (χ1) is 7.45. The molecule has 0 saturated heterocycles. The van der Waals surface area contributed by atoms with E-state index in [1.54, 1.807) is 0 Å². The van der Waals surface area contributed by atoms with Crippen LogP contribution in [0.4, 0.5) is 0 Å². The Kier molecular flexibility index (Phi) is 31.5. The van der Waals surface area contributed by atoms with Crippen molar-refractivity contribution in [3.63, 3.8) is 0 Å². The number of rotatable bonds is 6. The fraction of sp³-hybridized carbons (Fsp3) is 0.800. The fourth-order valence-electron chi connectivity index (χ4n) is 0.992. The maximum absolute atomic E-state index is 4.98. The molecule has 114 valence electrons. The van der Waals surface area contributed by atoms with Gasteiger partial charge in [0.2, 0.25) is 0 Å². The van der Waals surface area contributed by atoms with Gasteiger partial charge in [0.15, 0.2) is 0 Å². The number of thiocarbonyl (C=S) groups is 2. The summed E-state index contributed by atoms with van der Waals surface area (Å²) in [6, 6.07) is 0. The molecule has 0 aliphatic carbocycles. The molecule has 0 spiro atoms. The topological polar surface area (TPSA) is 29.3 Å². The molecule has 18 heavy (non-hydrogen) atoms. The summed E-state index contributed by atoms with van der Waals surface area (Å²) in [7, 11) is 0. The third-order valence-corrected chi connectivity index (χ3v) is 2.34. The van der Waals surface area contributed by atoms with Gasteiger partial charge in [0, 0.05) is 13.1 Å². The zero-order valence-electron chi connectivity index (χ0n) is 10.5. The van der Waals surface area contributed by atoms with Gasteiger partial charge in [-0.3, -0.25) is 0 Å². The average Bonchev–Trinajstić information content (AvgIpc) is 2.16. The Hall–Kier alpha value is 1.26. The Bertz CT molecular complexity index is 194. The normalized spacial score (nSPS) is 7.89. The van der Waals surface area contributed by atoms with Gasteiger partial charge in [-0.2, -0.15) is 0 Å². The van der Waals surface area contributed by atoms with Crippen LogP contribution in [-0.4, -0.2) is 26.6 Å². The molecular weight excluding hydrogens is 403 g/mol. The Balaban J connectivity index is -0.000000143. The zero-order valence-corrected chi connectivity index (χ0v) is 15.7. The molecule has 0 bridgehead atoms. The van der Waals surface area contributed by atoms with Crippen LogP contribution in [-0.2, 0) is 59.4 Å². The monoisotopic (exact) mass is 422 g/mol.